The first-order chi connectivity index (χ1) is 14.8. The molecule has 0 saturated carbocycles. The van der Waals surface area contributed by atoms with Crippen molar-refractivity contribution >= 4 is 23.7 Å². The van der Waals surface area contributed by atoms with Gasteiger partial charge in [-0.2, -0.15) is 5.10 Å². The van der Waals surface area contributed by atoms with Gasteiger partial charge in [0.25, 0.3) is 11.8 Å². The lowest BCUT2D eigenvalue weighted by molar-refractivity contribution is -0.386. The molecule has 3 N–H and O–H groups in total. The summed E-state index contributed by atoms with van der Waals surface area (Å²) >= 11 is 0. The molecule has 31 heavy (non-hydrogen) atoms. The second kappa shape index (κ2) is 10.4. The summed E-state index contributed by atoms with van der Waals surface area (Å²) in [5.74, 6) is -1.07. The molecule has 0 aliphatic heterocycles. The van der Waals surface area contributed by atoms with E-state index in [2.05, 4.69) is 15.8 Å². The lowest BCUT2D eigenvalue weighted by Crippen LogP contribution is -2.34. The van der Waals surface area contributed by atoms with Crippen molar-refractivity contribution < 1.29 is 33.8 Å². The summed E-state index contributed by atoms with van der Waals surface area (Å²) < 4.78 is 15.1. The monoisotopic (exact) mass is 432 g/mol. The average Bonchev–Trinajstić information content (AvgIpc) is 2.77. The van der Waals surface area contributed by atoms with E-state index in [0.717, 1.165) is 12.3 Å². The number of hydrogen-bond donors (Lipinski definition) is 3. The molecule has 12 heteroatoms. The topological polar surface area (TPSA) is 162 Å². The Bertz CT molecular complexity index is 1020. The first kappa shape index (κ1) is 22.9. The van der Waals surface area contributed by atoms with Gasteiger partial charge in [-0.1, -0.05) is 0 Å². The number of methoxy groups -OCH3 is 3. The molecule has 2 rings (SSSR count). The van der Waals surface area contributed by atoms with Crippen molar-refractivity contribution in [1.82, 2.24) is 10.7 Å². The number of ether oxygens (including phenoxy) is 3. The number of carbonyl (C=O) groups excluding carboxylic acids is 2. The number of nitrogens with one attached hydrogen (secondary N) is 2. The van der Waals surface area contributed by atoms with E-state index in [1.54, 1.807) is 6.07 Å². The summed E-state index contributed by atoms with van der Waals surface area (Å²) in [5.41, 5.74) is 2.07. The largest absolute Gasteiger partial charge is 0.500 e. The van der Waals surface area contributed by atoms with Crippen molar-refractivity contribution in [3.8, 4) is 23.0 Å². The highest BCUT2D eigenvalue weighted by atomic mass is 16.6. The van der Waals surface area contributed by atoms with Crippen LogP contribution in [0.4, 0.5) is 5.69 Å². The Labute approximate surface area is 176 Å². The third kappa shape index (κ3) is 5.82. The van der Waals surface area contributed by atoms with Crippen LogP contribution in [0.5, 0.6) is 23.0 Å². The van der Waals surface area contributed by atoms with Gasteiger partial charge < -0.3 is 24.6 Å². The number of amides is 2. The molecule has 0 saturated heterocycles. The Morgan fingerprint density at radius 1 is 1.10 bits per heavy atom. The second-order valence-electron chi connectivity index (χ2n) is 5.89. The number of hydrazone groups is 1. The van der Waals surface area contributed by atoms with Gasteiger partial charge in [-0.25, -0.2) is 5.43 Å². The van der Waals surface area contributed by atoms with Gasteiger partial charge in [0.2, 0.25) is 5.75 Å². The molecule has 0 radical (unpaired) electrons. The van der Waals surface area contributed by atoms with Crippen LogP contribution in [0.1, 0.15) is 15.9 Å². The van der Waals surface area contributed by atoms with Gasteiger partial charge in [-0.15, -0.1) is 0 Å². The first-order valence-corrected chi connectivity index (χ1v) is 8.68. The van der Waals surface area contributed by atoms with Gasteiger partial charge in [0.1, 0.15) is 0 Å². The minimum Gasteiger partial charge on any atom is -0.500 e. The number of rotatable bonds is 9. The molecule has 0 heterocycles. The number of aromatic hydroxyl groups is 1. The van der Waals surface area contributed by atoms with Crippen molar-refractivity contribution in [2.75, 3.05) is 27.9 Å². The summed E-state index contributed by atoms with van der Waals surface area (Å²) in [6.45, 7) is -0.371. The van der Waals surface area contributed by atoms with Crippen molar-refractivity contribution in [3.05, 3.63) is 51.6 Å². The zero-order valence-electron chi connectivity index (χ0n) is 16.9. The van der Waals surface area contributed by atoms with Crippen LogP contribution in [-0.4, -0.2) is 55.9 Å². The zero-order valence-corrected chi connectivity index (χ0v) is 16.9. The fourth-order valence-electron chi connectivity index (χ4n) is 2.44. The third-order valence-electron chi connectivity index (χ3n) is 3.95. The molecule has 164 valence electrons. The predicted octanol–water partition coefficient (Wildman–Crippen LogP) is 1.21. The van der Waals surface area contributed by atoms with E-state index in [-0.39, 0.29) is 23.4 Å². The molecule has 12 nitrogen and oxygen atoms in total. The highest BCUT2D eigenvalue weighted by molar-refractivity contribution is 5.97. The Hall–Kier alpha value is -4.35. The molecule has 0 aliphatic rings. The quantitative estimate of drug-likeness (QED) is 0.302. The molecule has 0 atom stereocenters. The average molecular weight is 432 g/mol. The van der Waals surface area contributed by atoms with Crippen LogP contribution in [0.2, 0.25) is 0 Å². The van der Waals surface area contributed by atoms with Crippen LogP contribution < -0.4 is 25.0 Å². The van der Waals surface area contributed by atoms with Gasteiger partial charge in [-0.05, 0) is 24.3 Å². The fourth-order valence-corrected chi connectivity index (χ4v) is 2.44. The maximum atomic E-state index is 12.2. The molecule has 0 spiro atoms. The Balaban J connectivity index is 1.96. The lowest BCUT2D eigenvalue weighted by Gasteiger charge is -2.09. The van der Waals surface area contributed by atoms with Crippen LogP contribution in [0.15, 0.2) is 35.4 Å². The number of benzene rings is 2. The van der Waals surface area contributed by atoms with E-state index in [1.165, 1.54) is 39.5 Å². The van der Waals surface area contributed by atoms with Crippen molar-refractivity contribution in [3.63, 3.8) is 0 Å². The molecule has 2 aromatic carbocycles. The van der Waals surface area contributed by atoms with Crippen molar-refractivity contribution in [1.29, 1.82) is 0 Å². The number of phenolic OH excluding ortho intramolecular Hbond substituents is 1. The number of nitrogens with zero attached hydrogens (tertiary/aromatic N) is 2. The lowest BCUT2D eigenvalue weighted by atomic mass is 10.2. The van der Waals surface area contributed by atoms with Gasteiger partial charge >= 0.3 is 5.69 Å². The minimum absolute atomic E-state index is 0.121. The molecule has 2 amide bonds. The van der Waals surface area contributed by atoms with E-state index in [4.69, 9.17) is 14.2 Å². The third-order valence-corrected chi connectivity index (χ3v) is 3.95. The summed E-state index contributed by atoms with van der Waals surface area (Å²) in [5, 5.41) is 26.8. The predicted molar refractivity (Wildman–Crippen MR) is 109 cm³/mol. The number of nitro groups is 1. The Morgan fingerprint density at radius 2 is 1.77 bits per heavy atom. The summed E-state index contributed by atoms with van der Waals surface area (Å²) in [4.78, 5) is 34.3. The minimum atomic E-state index is -0.780. The van der Waals surface area contributed by atoms with E-state index < -0.39 is 28.2 Å². The smallest absolute Gasteiger partial charge is 0.315 e. The van der Waals surface area contributed by atoms with Crippen molar-refractivity contribution in [2.24, 2.45) is 5.10 Å². The van der Waals surface area contributed by atoms with Crippen LogP contribution in [-0.2, 0) is 4.79 Å². The summed E-state index contributed by atoms with van der Waals surface area (Å²) in [7, 11) is 4.14. The highest BCUT2D eigenvalue weighted by Gasteiger charge is 2.19. The highest BCUT2D eigenvalue weighted by Crippen LogP contribution is 2.36. The van der Waals surface area contributed by atoms with Gasteiger partial charge in [0.15, 0.2) is 17.2 Å². The number of carbonyl (C=O) groups is 2. The standard InChI is InChI=1S/C19H20N4O8/c1-29-14-5-4-12(8-15(14)30-2)19(26)20-10-17(24)22-21-9-11-6-13(23(27)28)18(25)16(7-11)31-3/h4-9,25H,10H2,1-3H3,(H,20,26)(H,22,24)/b21-9+. The molecule has 2 aromatic rings. The normalized spacial score (nSPS) is 10.4. The Kier molecular flexibility index (Phi) is 7.72. The van der Waals surface area contributed by atoms with Gasteiger partial charge in [0.05, 0.1) is 39.0 Å². The number of nitro benzene ring substituents is 1. The Morgan fingerprint density at radius 3 is 2.39 bits per heavy atom. The second-order valence-corrected chi connectivity index (χ2v) is 5.89. The molecular formula is C19H20N4O8. The summed E-state index contributed by atoms with van der Waals surface area (Å²) in [6.07, 6.45) is 1.13. The first-order valence-electron chi connectivity index (χ1n) is 8.68. The number of phenols is 1. The van der Waals surface area contributed by atoms with E-state index >= 15 is 0 Å². The maximum Gasteiger partial charge on any atom is 0.315 e. The van der Waals surface area contributed by atoms with Crippen LogP contribution >= 0.6 is 0 Å². The van der Waals surface area contributed by atoms with Gasteiger partial charge in [-0.3, -0.25) is 19.7 Å². The fraction of sp³-hybridized carbons (Fsp3) is 0.211. The SMILES string of the molecule is COc1ccc(C(=O)NCC(=O)N/N=C/c2cc(OC)c(O)c([N+](=O)[O-])c2)cc1OC. The van der Waals surface area contributed by atoms with E-state index in [1.807, 2.05) is 0 Å². The number of hydrogen-bond acceptors (Lipinski definition) is 9. The van der Waals surface area contributed by atoms with Gasteiger partial charge in [0, 0.05) is 17.2 Å². The van der Waals surface area contributed by atoms with Crippen molar-refractivity contribution in [2.45, 2.75) is 0 Å². The zero-order chi connectivity index (χ0) is 23.0. The van der Waals surface area contributed by atoms with Crippen LogP contribution in [0, 0.1) is 10.1 Å². The molecule has 0 fully saturated rings. The summed E-state index contributed by atoms with van der Waals surface area (Å²) in [6, 6.07) is 6.90. The molecule has 0 unspecified atom stereocenters. The van der Waals surface area contributed by atoms with Crippen LogP contribution in [0.3, 0.4) is 0 Å². The maximum absolute atomic E-state index is 12.2. The van der Waals surface area contributed by atoms with E-state index in [0.29, 0.717) is 11.5 Å². The molecule has 0 aliphatic carbocycles. The van der Waals surface area contributed by atoms with Crippen LogP contribution in [0.25, 0.3) is 0 Å². The molecule has 0 bridgehead atoms. The van der Waals surface area contributed by atoms with E-state index in [9.17, 15) is 24.8 Å². The molecular weight excluding hydrogens is 412 g/mol. The molecule has 0 aromatic heterocycles.